The van der Waals surface area contributed by atoms with Gasteiger partial charge in [0.25, 0.3) is 7.82 Å². The number of phosphoric acid groups is 1. The van der Waals surface area contributed by atoms with E-state index < -0.39 is 20.0 Å². The summed E-state index contributed by atoms with van der Waals surface area (Å²) >= 11 is 0. The second kappa shape index (κ2) is 31.7. The molecule has 0 saturated heterocycles. The molecule has 3 unspecified atom stereocenters. The summed E-state index contributed by atoms with van der Waals surface area (Å²) < 4.78 is 23.0. The summed E-state index contributed by atoms with van der Waals surface area (Å²) in [6.07, 6.45) is 36.1. The van der Waals surface area contributed by atoms with Crippen LogP contribution in [-0.4, -0.2) is 68.5 Å². The Hall–Kier alpha value is -1.28. The molecule has 0 aromatic heterocycles. The van der Waals surface area contributed by atoms with E-state index in [0.717, 1.165) is 77.0 Å². The van der Waals surface area contributed by atoms with E-state index in [2.05, 4.69) is 55.6 Å². The van der Waals surface area contributed by atoms with E-state index in [-0.39, 0.29) is 19.1 Å². The lowest BCUT2D eigenvalue weighted by Crippen LogP contribution is -2.46. The average Bonchev–Trinajstić information content (AvgIpc) is 3.02. The number of phosphoric ester groups is 1. The molecule has 0 saturated carbocycles. The number of nitrogens with zero attached hydrogens (tertiary/aromatic N) is 1. The summed E-state index contributed by atoms with van der Waals surface area (Å²) in [5.41, 5.74) is 0. The molecule has 0 aliphatic rings. The number of aliphatic hydroxyl groups excluding tert-OH is 1. The lowest BCUT2D eigenvalue weighted by Gasteiger charge is -2.30. The Bertz CT molecular complexity index is 886. The van der Waals surface area contributed by atoms with Gasteiger partial charge < -0.3 is 28.8 Å². The van der Waals surface area contributed by atoms with Crippen LogP contribution in [0.1, 0.15) is 155 Å². The second-order valence-corrected chi connectivity index (χ2v) is 15.7. The zero-order valence-electron chi connectivity index (χ0n) is 31.7. The maximum absolute atomic E-state index is 12.7. The van der Waals surface area contributed by atoms with Gasteiger partial charge in [-0.3, -0.25) is 9.36 Å². The third kappa shape index (κ3) is 33.2. The molecule has 0 fully saturated rings. The monoisotopic (exact) mass is 699 g/mol. The van der Waals surface area contributed by atoms with Crippen LogP contribution in [0.5, 0.6) is 0 Å². The number of quaternary nitrogens is 1. The van der Waals surface area contributed by atoms with Crippen molar-refractivity contribution >= 4 is 13.7 Å². The van der Waals surface area contributed by atoms with Crippen molar-refractivity contribution < 1.29 is 32.9 Å². The quantitative estimate of drug-likeness (QED) is 0.0300. The van der Waals surface area contributed by atoms with Gasteiger partial charge in [0.15, 0.2) is 0 Å². The van der Waals surface area contributed by atoms with Crippen LogP contribution in [0.25, 0.3) is 0 Å². The molecular formula is C39H75N2O6P. The molecular weight excluding hydrogens is 623 g/mol. The van der Waals surface area contributed by atoms with Crippen molar-refractivity contribution in [1.82, 2.24) is 5.32 Å². The number of allylic oxidation sites excluding steroid dienone is 6. The average molecular weight is 699 g/mol. The number of hydrogen-bond acceptors (Lipinski definition) is 6. The lowest BCUT2D eigenvalue weighted by molar-refractivity contribution is -0.870. The summed E-state index contributed by atoms with van der Waals surface area (Å²) in [6, 6.07) is -0.803. The molecule has 3 atom stereocenters. The summed E-state index contributed by atoms with van der Waals surface area (Å²) in [5.74, 6) is -0.187. The van der Waals surface area contributed by atoms with Gasteiger partial charge in [0.05, 0.1) is 39.9 Å². The SMILES string of the molecule is CCCCCCC/C=C\C/C=C\C/C=C\CCCCCCCCC(=O)NC(COP(=O)([O-])OCC[N+](C)(C)C)C(O)CCCCCCC. The molecule has 0 radical (unpaired) electrons. The number of amides is 1. The summed E-state index contributed by atoms with van der Waals surface area (Å²) in [4.78, 5) is 25.0. The minimum atomic E-state index is -4.55. The standard InChI is InChI=1S/C39H75N2O6P/c1-6-8-10-12-13-14-15-16-17-18-19-20-21-22-23-24-25-26-27-29-31-33-39(43)40-37(38(42)32-30-28-11-9-7-2)36-47-48(44,45)46-35-34-41(3,4)5/h15-16,18-19,21-22,37-38,42H,6-14,17,20,23-36H2,1-5H3,(H-,40,43,44,45)/b16-15-,19-18-,22-21-. The van der Waals surface area contributed by atoms with Gasteiger partial charge in [-0.15, -0.1) is 0 Å². The highest BCUT2D eigenvalue weighted by atomic mass is 31.2. The van der Waals surface area contributed by atoms with E-state index in [0.29, 0.717) is 23.9 Å². The first kappa shape index (κ1) is 46.7. The number of rotatable bonds is 34. The molecule has 48 heavy (non-hydrogen) atoms. The van der Waals surface area contributed by atoms with Gasteiger partial charge >= 0.3 is 0 Å². The summed E-state index contributed by atoms with van der Waals surface area (Å²) in [6.45, 7) is 4.58. The smallest absolute Gasteiger partial charge is 0.268 e. The Morgan fingerprint density at radius 3 is 1.75 bits per heavy atom. The van der Waals surface area contributed by atoms with Crippen LogP contribution in [0, 0.1) is 0 Å². The van der Waals surface area contributed by atoms with Crippen molar-refractivity contribution in [2.24, 2.45) is 0 Å². The van der Waals surface area contributed by atoms with Gasteiger partial charge in [-0.05, 0) is 51.4 Å². The highest BCUT2D eigenvalue weighted by molar-refractivity contribution is 7.45. The predicted octanol–water partition coefficient (Wildman–Crippen LogP) is 9.33. The van der Waals surface area contributed by atoms with E-state index in [1.165, 1.54) is 51.4 Å². The molecule has 0 heterocycles. The van der Waals surface area contributed by atoms with Gasteiger partial charge in [-0.2, -0.15) is 0 Å². The highest BCUT2D eigenvalue weighted by Crippen LogP contribution is 2.38. The van der Waals surface area contributed by atoms with Crippen molar-refractivity contribution in [2.45, 2.75) is 167 Å². The molecule has 0 rings (SSSR count). The fourth-order valence-corrected chi connectivity index (χ4v) is 5.94. The number of aliphatic hydroxyl groups is 1. The van der Waals surface area contributed by atoms with Crippen molar-refractivity contribution in [3.8, 4) is 0 Å². The molecule has 0 aliphatic carbocycles. The Morgan fingerprint density at radius 2 is 1.21 bits per heavy atom. The van der Waals surface area contributed by atoms with E-state index in [4.69, 9.17) is 9.05 Å². The zero-order valence-corrected chi connectivity index (χ0v) is 32.6. The van der Waals surface area contributed by atoms with Crippen molar-refractivity contribution in [3.05, 3.63) is 36.5 Å². The molecule has 1 amide bonds. The number of likely N-dealkylation sites (N-methyl/N-ethyl adjacent to an activating group) is 1. The van der Waals surface area contributed by atoms with Crippen molar-refractivity contribution in [1.29, 1.82) is 0 Å². The fraction of sp³-hybridized carbons (Fsp3) is 0.821. The Labute approximate surface area is 296 Å². The van der Waals surface area contributed by atoms with Gasteiger partial charge in [0.1, 0.15) is 13.2 Å². The fourth-order valence-electron chi connectivity index (χ4n) is 5.22. The predicted molar refractivity (Wildman–Crippen MR) is 201 cm³/mol. The van der Waals surface area contributed by atoms with Crippen LogP contribution in [0.15, 0.2) is 36.5 Å². The van der Waals surface area contributed by atoms with Gasteiger partial charge in [-0.25, -0.2) is 0 Å². The Morgan fingerprint density at radius 1 is 0.729 bits per heavy atom. The van der Waals surface area contributed by atoms with Crippen molar-refractivity contribution in [2.75, 3.05) is 40.9 Å². The molecule has 9 heteroatoms. The minimum absolute atomic E-state index is 0.00717. The van der Waals surface area contributed by atoms with Crippen molar-refractivity contribution in [3.63, 3.8) is 0 Å². The Balaban J connectivity index is 4.21. The second-order valence-electron chi connectivity index (χ2n) is 14.3. The van der Waals surface area contributed by atoms with E-state index in [1.807, 2.05) is 21.1 Å². The molecule has 282 valence electrons. The van der Waals surface area contributed by atoms with Gasteiger partial charge in [0.2, 0.25) is 5.91 Å². The maximum atomic E-state index is 12.7. The zero-order chi connectivity index (χ0) is 35.8. The molecule has 8 nitrogen and oxygen atoms in total. The van der Waals surface area contributed by atoms with Gasteiger partial charge in [0, 0.05) is 6.42 Å². The first-order valence-corrected chi connectivity index (χ1v) is 20.8. The van der Waals surface area contributed by atoms with Crippen LogP contribution in [-0.2, 0) is 18.4 Å². The summed E-state index contributed by atoms with van der Waals surface area (Å²) in [5, 5.41) is 13.6. The van der Waals surface area contributed by atoms with Crippen LogP contribution in [0.2, 0.25) is 0 Å². The topological polar surface area (TPSA) is 108 Å². The van der Waals surface area contributed by atoms with Crippen LogP contribution in [0.3, 0.4) is 0 Å². The largest absolute Gasteiger partial charge is 0.756 e. The molecule has 0 spiro atoms. The molecule has 0 aromatic rings. The van der Waals surface area contributed by atoms with Crippen LogP contribution < -0.4 is 10.2 Å². The number of carbonyl (C=O) groups excluding carboxylic acids is 1. The summed E-state index contributed by atoms with van der Waals surface area (Å²) in [7, 11) is 1.28. The van der Waals surface area contributed by atoms with Crippen LogP contribution in [0.4, 0.5) is 0 Å². The number of unbranched alkanes of at least 4 members (excludes halogenated alkanes) is 15. The minimum Gasteiger partial charge on any atom is -0.756 e. The molecule has 0 aromatic carbocycles. The third-order valence-corrected chi connectivity index (χ3v) is 9.35. The van der Waals surface area contributed by atoms with E-state index >= 15 is 0 Å². The van der Waals surface area contributed by atoms with E-state index in [9.17, 15) is 19.4 Å². The molecule has 2 N–H and O–H groups in total. The Kier molecular flexibility index (Phi) is 30.8. The van der Waals surface area contributed by atoms with E-state index in [1.54, 1.807) is 0 Å². The first-order chi connectivity index (χ1) is 23.0. The number of nitrogens with one attached hydrogen (secondary N) is 1. The normalized spacial score (nSPS) is 15.1. The first-order valence-electron chi connectivity index (χ1n) is 19.3. The molecule has 0 bridgehead atoms. The lowest BCUT2D eigenvalue weighted by atomic mass is 10.0. The third-order valence-electron chi connectivity index (χ3n) is 8.38. The number of hydrogen-bond donors (Lipinski definition) is 2. The van der Waals surface area contributed by atoms with Crippen LogP contribution >= 0.6 is 7.82 Å². The maximum Gasteiger partial charge on any atom is 0.268 e. The van der Waals surface area contributed by atoms with Gasteiger partial charge in [-0.1, -0.05) is 134 Å². The number of carbonyl (C=O) groups is 1. The molecule has 0 aliphatic heterocycles. The highest BCUT2D eigenvalue weighted by Gasteiger charge is 2.24.